The first-order valence-electron chi connectivity index (χ1n) is 12.3. The first-order valence-corrected chi connectivity index (χ1v) is 12.3. The second-order valence-electron chi connectivity index (χ2n) is 8.64. The molecule has 0 saturated heterocycles. The predicted molar refractivity (Wildman–Crippen MR) is 118 cm³/mol. The average molecular weight is 403 g/mol. The van der Waals surface area contributed by atoms with E-state index >= 15 is 0 Å². The maximum atomic E-state index is 10.1. The zero-order valence-electron chi connectivity index (χ0n) is 18.8. The Kier molecular flexibility index (Phi) is 20.0. The number of unbranched alkanes of at least 4 members (excludes halogenated alkanes) is 14. The van der Waals surface area contributed by atoms with Gasteiger partial charge in [-0.15, -0.1) is 0 Å². The van der Waals surface area contributed by atoms with Crippen LogP contribution in [-0.4, -0.2) is 44.8 Å². The van der Waals surface area contributed by atoms with Gasteiger partial charge in [0.25, 0.3) is 0 Å². The first-order chi connectivity index (χ1) is 13.5. The molecule has 0 amide bonds. The van der Waals surface area contributed by atoms with Crippen molar-refractivity contribution in [2.75, 3.05) is 0 Å². The molecule has 0 spiro atoms. The van der Waals surface area contributed by atoms with E-state index in [2.05, 4.69) is 13.8 Å². The summed E-state index contributed by atoms with van der Waals surface area (Å²) in [6.07, 6.45) is 15.5. The molecule has 0 aliphatic heterocycles. The Morgan fingerprint density at radius 2 is 0.643 bits per heavy atom. The third kappa shape index (κ3) is 15.7. The highest BCUT2D eigenvalue weighted by Crippen LogP contribution is 2.17. The molecule has 0 aliphatic rings. The van der Waals surface area contributed by atoms with Crippen molar-refractivity contribution in [3.8, 4) is 0 Å². The van der Waals surface area contributed by atoms with E-state index in [1.807, 2.05) is 0 Å². The van der Waals surface area contributed by atoms with Crippen LogP contribution >= 0.6 is 0 Å². The summed E-state index contributed by atoms with van der Waals surface area (Å²) >= 11 is 0. The lowest BCUT2D eigenvalue weighted by molar-refractivity contribution is -0.108. The molecule has 0 heterocycles. The number of hydrogen-bond donors (Lipinski definition) is 4. The average Bonchev–Trinajstić information content (AvgIpc) is 2.70. The molecule has 4 heteroatoms. The normalized spacial score (nSPS) is 16.1. The fourth-order valence-corrected chi connectivity index (χ4v) is 3.77. The molecule has 0 bridgehead atoms. The smallest absolute Gasteiger partial charge is 0.108 e. The number of rotatable bonds is 21. The molecule has 4 atom stereocenters. The minimum Gasteiger partial charge on any atom is -0.390 e. The van der Waals surface area contributed by atoms with Crippen molar-refractivity contribution < 1.29 is 20.4 Å². The second-order valence-corrected chi connectivity index (χ2v) is 8.64. The van der Waals surface area contributed by atoms with Gasteiger partial charge >= 0.3 is 0 Å². The van der Waals surface area contributed by atoms with Crippen LogP contribution in [0.2, 0.25) is 0 Å². The summed E-state index contributed by atoms with van der Waals surface area (Å²) in [5.74, 6) is 0. The van der Waals surface area contributed by atoms with Crippen molar-refractivity contribution in [2.45, 2.75) is 154 Å². The fourth-order valence-electron chi connectivity index (χ4n) is 3.77. The molecule has 28 heavy (non-hydrogen) atoms. The maximum Gasteiger partial charge on any atom is 0.108 e. The molecule has 0 saturated carbocycles. The molecule has 4 nitrogen and oxygen atoms in total. The van der Waals surface area contributed by atoms with E-state index in [-0.39, 0.29) is 0 Å². The third-order valence-electron chi connectivity index (χ3n) is 5.85. The number of aliphatic hydroxyl groups is 4. The Hall–Kier alpha value is -0.160. The molecular weight excluding hydrogens is 352 g/mol. The lowest BCUT2D eigenvalue weighted by Crippen LogP contribution is -2.44. The Morgan fingerprint density at radius 3 is 0.929 bits per heavy atom. The molecule has 0 radical (unpaired) electrons. The van der Waals surface area contributed by atoms with Gasteiger partial charge in [-0.3, -0.25) is 0 Å². The van der Waals surface area contributed by atoms with Gasteiger partial charge < -0.3 is 20.4 Å². The van der Waals surface area contributed by atoms with Gasteiger partial charge in [-0.25, -0.2) is 0 Å². The lowest BCUT2D eigenvalue weighted by Gasteiger charge is -2.26. The molecule has 4 N–H and O–H groups in total. The molecule has 0 aliphatic carbocycles. The SMILES string of the molecule is CCCCCCCCCCC(O)C(O)C(O)C(O)CCCCCCCCCC. The summed E-state index contributed by atoms with van der Waals surface area (Å²) in [4.78, 5) is 0. The predicted octanol–water partition coefficient (Wildman–Crippen LogP) is 5.49. The van der Waals surface area contributed by atoms with Crippen LogP contribution in [0, 0.1) is 0 Å². The number of aliphatic hydroxyl groups excluding tert-OH is 4. The van der Waals surface area contributed by atoms with E-state index in [0.717, 1.165) is 38.5 Å². The van der Waals surface area contributed by atoms with Gasteiger partial charge in [-0.2, -0.15) is 0 Å². The van der Waals surface area contributed by atoms with Crippen LogP contribution in [0.4, 0.5) is 0 Å². The highest BCUT2D eigenvalue weighted by atomic mass is 16.4. The van der Waals surface area contributed by atoms with E-state index in [9.17, 15) is 20.4 Å². The van der Waals surface area contributed by atoms with E-state index in [4.69, 9.17) is 0 Å². The van der Waals surface area contributed by atoms with Crippen molar-refractivity contribution in [3.05, 3.63) is 0 Å². The van der Waals surface area contributed by atoms with Crippen molar-refractivity contribution in [1.29, 1.82) is 0 Å². The van der Waals surface area contributed by atoms with Gasteiger partial charge in [0.1, 0.15) is 12.2 Å². The molecule has 0 fully saturated rings. The Morgan fingerprint density at radius 1 is 0.393 bits per heavy atom. The van der Waals surface area contributed by atoms with Crippen molar-refractivity contribution in [2.24, 2.45) is 0 Å². The quantitative estimate of drug-likeness (QED) is 0.191. The third-order valence-corrected chi connectivity index (χ3v) is 5.85. The van der Waals surface area contributed by atoms with Gasteiger partial charge in [0.15, 0.2) is 0 Å². The largest absolute Gasteiger partial charge is 0.390 e. The van der Waals surface area contributed by atoms with Crippen molar-refractivity contribution in [3.63, 3.8) is 0 Å². The Balaban J connectivity index is 3.70. The zero-order chi connectivity index (χ0) is 21.0. The summed E-state index contributed by atoms with van der Waals surface area (Å²) in [6, 6.07) is 0. The summed E-state index contributed by atoms with van der Waals surface area (Å²) < 4.78 is 0. The van der Waals surface area contributed by atoms with E-state index in [0.29, 0.717) is 12.8 Å². The van der Waals surface area contributed by atoms with Gasteiger partial charge in [0.05, 0.1) is 12.2 Å². The highest BCUT2D eigenvalue weighted by Gasteiger charge is 2.29. The van der Waals surface area contributed by atoms with Crippen molar-refractivity contribution in [1.82, 2.24) is 0 Å². The fraction of sp³-hybridized carbons (Fsp3) is 1.00. The summed E-state index contributed by atoms with van der Waals surface area (Å²) in [5.41, 5.74) is 0. The molecule has 4 unspecified atom stereocenters. The second kappa shape index (κ2) is 20.1. The maximum absolute atomic E-state index is 10.1. The van der Waals surface area contributed by atoms with Crippen LogP contribution in [0.1, 0.15) is 129 Å². The summed E-state index contributed by atoms with van der Waals surface area (Å²) in [5, 5.41) is 40.4. The van der Waals surface area contributed by atoms with Crippen molar-refractivity contribution >= 4 is 0 Å². The van der Waals surface area contributed by atoms with Gasteiger partial charge in [-0.1, -0.05) is 117 Å². The summed E-state index contributed by atoms with van der Waals surface area (Å²) in [7, 11) is 0. The van der Waals surface area contributed by atoms with E-state index < -0.39 is 24.4 Å². The first kappa shape index (κ1) is 27.8. The van der Waals surface area contributed by atoms with Crippen LogP contribution < -0.4 is 0 Å². The van der Waals surface area contributed by atoms with E-state index in [1.165, 1.54) is 64.2 Å². The molecule has 0 aromatic carbocycles. The minimum atomic E-state index is -1.26. The van der Waals surface area contributed by atoms with Gasteiger partial charge in [0.2, 0.25) is 0 Å². The van der Waals surface area contributed by atoms with Gasteiger partial charge in [0, 0.05) is 0 Å². The van der Waals surface area contributed by atoms with Gasteiger partial charge in [-0.05, 0) is 12.8 Å². The standard InChI is InChI=1S/C24H50O4/c1-3-5-7-9-11-13-15-17-19-21(25)23(27)24(28)22(26)20-18-16-14-12-10-8-6-4-2/h21-28H,3-20H2,1-2H3. The van der Waals surface area contributed by atoms with Crippen LogP contribution in [0.5, 0.6) is 0 Å². The zero-order valence-corrected chi connectivity index (χ0v) is 18.8. The summed E-state index contributed by atoms with van der Waals surface area (Å²) in [6.45, 7) is 4.43. The lowest BCUT2D eigenvalue weighted by atomic mass is 9.95. The molecule has 170 valence electrons. The van der Waals surface area contributed by atoms with Crippen LogP contribution in [0.25, 0.3) is 0 Å². The van der Waals surface area contributed by atoms with Crippen LogP contribution in [0.15, 0.2) is 0 Å². The molecular formula is C24H50O4. The topological polar surface area (TPSA) is 80.9 Å². The highest BCUT2D eigenvalue weighted by molar-refractivity contribution is 4.80. The molecule has 0 rings (SSSR count). The number of hydrogen-bond acceptors (Lipinski definition) is 4. The van der Waals surface area contributed by atoms with Crippen LogP contribution in [-0.2, 0) is 0 Å². The Labute approximate surface area is 174 Å². The molecule has 0 aromatic rings. The van der Waals surface area contributed by atoms with Crippen LogP contribution in [0.3, 0.4) is 0 Å². The molecule has 0 aromatic heterocycles. The minimum absolute atomic E-state index is 0.484. The van der Waals surface area contributed by atoms with E-state index in [1.54, 1.807) is 0 Å². The monoisotopic (exact) mass is 402 g/mol. The Bertz CT molecular complexity index is 281.